The van der Waals surface area contributed by atoms with E-state index in [0.717, 1.165) is 18.4 Å². The van der Waals surface area contributed by atoms with Crippen molar-refractivity contribution in [2.45, 2.75) is 44.8 Å². The van der Waals surface area contributed by atoms with Gasteiger partial charge in [0, 0.05) is 17.3 Å². The number of aromatic nitrogens is 2. The Labute approximate surface area is 186 Å². The number of carbonyl (C=O) groups excluding carboxylic acids is 2. The van der Waals surface area contributed by atoms with Gasteiger partial charge in [-0.2, -0.15) is 5.10 Å². The van der Waals surface area contributed by atoms with Crippen LogP contribution in [0, 0.1) is 6.92 Å². The van der Waals surface area contributed by atoms with Crippen LogP contribution in [0.1, 0.15) is 41.6 Å². The maximum absolute atomic E-state index is 12.7. The monoisotopic (exact) mass is 433 g/mol. The third-order valence-electron chi connectivity index (χ3n) is 5.52. The van der Waals surface area contributed by atoms with Gasteiger partial charge in [0.25, 0.3) is 5.91 Å². The van der Waals surface area contributed by atoms with Crippen molar-refractivity contribution in [3.05, 3.63) is 72.1 Å². The van der Waals surface area contributed by atoms with E-state index < -0.39 is 0 Å². The van der Waals surface area contributed by atoms with Gasteiger partial charge in [-0.25, -0.2) is 9.48 Å². The molecule has 4 rings (SSSR count). The van der Waals surface area contributed by atoms with Crippen molar-refractivity contribution in [3.63, 3.8) is 0 Å². The number of carbonyl (C=O) groups is 2. The molecule has 0 unspecified atom stereocenters. The first-order valence-corrected chi connectivity index (χ1v) is 10.7. The Hall–Kier alpha value is -3.65. The summed E-state index contributed by atoms with van der Waals surface area (Å²) in [6.45, 7) is 1.96. The molecule has 4 N–H and O–H groups in total. The van der Waals surface area contributed by atoms with Crippen LogP contribution >= 0.6 is 0 Å². The van der Waals surface area contributed by atoms with Gasteiger partial charge < -0.3 is 21.1 Å². The predicted octanol–water partition coefficient (Wildman–Crippen LogP) is 3.86. The van der Waals surface area contributed by atoms with Crippen molar-refractivity contribution < 1.29 is 14.7 Å². The minimum Gasteiger partial charge on any atom is -0.393 e. The molecule has 0 saturated heterocycles. The summed E-state index contributed by atoms with van der Waals surface area (Å²) in [5.41, 5.74) is 3.55. The van der Waals surface area contributed by atoms with Crippen LogP contribution in [0.5, 0.6) is 0 Å². The van der Waals surface area contributed by atoms with Gasteiger partial charge in [-0.3, -0.25) is 4.79 Å². The number of aliphatic hydroxyl groups excluding tert-OH is 1. The number of amides is 3. The number of aryl methyl sites for hydroxylation is 1. The van der Waals surface area contributed by atoms with Crippen LogP contribution in [-0.2, 0) is 0 Å². The SMILES string of the molecule is Cc1cccc(NC(=O)Nc2cnn(-c3cccc(C(=O)NC4CCC(O)CC4)c3)c2)c1. The Bertz CT molecular complexity index is 1100. The van der Waals surface area contributed by atoms with E-state index >= 15 is 0 Å². The Morgan fingerprint density at radius 3 is 2.53 bits per heavy atom. The first-order valence-electron chi connectivity index (χ1n) is 10.7. The average Bonchev–Trinajstić information content (AvgIpc) is 3.24. The summed E-state index contributed by atoms with van der Waals surface area (Å²) >= 11 is 0. The highest BCUT2D eigenvalue weighted by atomic mass is 16.3. The fourth-order valence-corrected chi connectivity index (χ4v) is 3.82. The van der Waals surface area contributed by atoms with Gasteiger partial charge >= 0.3 is 6.03 Å². The molecule has 32 heavy (non-hydrogen) atoms. The summed E-state index contributed by atoms with van der Waals surface area (Å²) < 4.78 is 1.61. The Kier molecular flexibility index (Phi) is 6.51. The molecule has 8 heteroatoms. The van der Waals surface area contributed by atoms with Crippen LogP contribution in [0.2, 0.25) is 0 Å². The van der Waals surface area contributed by atoms with Gasteiger partial charge in [0.15, 0.2) is 0 Å². The molecule has 8 nitrogen and oxygen atoms in total. The summed E-state index contributed by atoms with van der Waals surface area (Å²) in [6.07, 6.45) is 5.98. The molecule has 1 fully saturated rings. The molecular weight excluding hydrogens is 406 g/mol. The van der Waals surface area contributed by atoms with Gasteiger partial charge in [0.2, 0.25) is 0 Å². The molecule has 0 aliphatic heterocycles. The lowest BCUT2D eigenvalue weighted by Crippen LogP contribution is -2.38. The molecule has 0 atom stereocenters. The second-order valence-electron chi connectivity index (χ2n) is 8.15. The quantitative estimate of drug-likeness (QED) is 0.490. The Morgan fingerprint density at radius 2 is 1.75 bits per heavy atom. The van der Waals surface area contributed by atoms with Gasteiger partial charge in [0.05, 0.1) is 29.9 Å². The molecule has 1 saturated carbocycles. The maximum Gasteiger partial charge on any atom is 0.323 e. The highest BCUT2D eigenvalue weighted by molar-refractivity contribution is 5.99. The first-order chi connectivity index (χ1) is 15.5. The second-order valence-corrected chi connectivity index (χ2v) is 8.15. The van der Waals surface area contributed by atoms with Crippen LogP contribution in [0.4, 0.5) is 16.2 Å². The normalized spacial score (nSPS) is 18.1. The van der Waals surface area contributed by atoms with Crippen molar-refractivity contribution >= 4 is 23.3 Å². The topological polar surface area (TPSA) is 108 Å². The summed E-state index contributed by atoms with van der Waals surface area (Å²) in [7, 11) is 0. The van der Waals surface area contributed by atoms with E-state index in [9.17, 15) is 14.7 Å². The van der Waals surface area contributed by atoms with E-state index in [2.05, 4.69) is 21.0 Å². The molecule has 1 heterocycles. The third kappa shape index (κ3) is 5.53. The molecule has 3 aromatic rings. The third-order valence-corrected chi connectivity index (χ3v) is 5.52. The lowest BCUT2D eigenvalue weighted by molar-refractivity contribution is 0.0867. The minimum atomic E-state index is -0.360. The minimum absolute atomic E-state index is 0.0852. The van der Waals surface area contributed by atoms with Crippen LogP contribution in [-0.4, -0.2) is 39.0 Å². The van der Waals surface area contributed by atoms with Crippen molar-refractivity contribution in [1.82, 2.24) is 15.1 Å². The van der Waals surface area contributed by atoms with E-state index in [4.69, 9.17) is 0 Å². The fraction of sp³-hybridized carbons (Fsp3) is 0.292. The highest BCUT2D eigenvalue weighted by Gasteiger charge is 2.21. The van der Waals surface area contributed by atoms with Crippen molar-refractivity contribution in [2.24, 2.45) is 0 Å². The fourth-order valence-electron chi connectivity index (χ4n) is 3.82. The van der Waals surface area contributed by atoms with E-state index in [1.807, 2.05) is 37.3 Å². The summed E-state index contributed by atoms with van der Waals surface area (Å²) in [5, 5.41) is 22.5. The molecule has 166 valence electrons. The number of urea groups is 1. The molecular formula is C24H27N5O3. The van der Waals surface area contributed by atoms with Crippen LogP contribution in [0.3, 0.4) is 0 Å². The Balaban J connectivity index is 1.38. The van der Waals surface area contributed by atoms with Crippen LogP contribution < -0.4 is 16.0 Å². The largest absolute Gasteiger partial charge is 0.393 e. The molecule has 1 aliphatic rings. The molecule has 2 aromatic carbocycles. The highest BCUT2D eigenvalue weighted by Crippen LogP contribution is 2.19. The van der Waals surface area contributed by atoms with E-state index in [1.165, 1.54) is 0 Å². The number of rotatable bonds is 5. The van der Waals surface area contributed by atoms with Crippen molar-refractivity contribution in [3.8, 4) is 5.69 Å². The zero-order valence-corrected chi connectivity index (χ0v) is 17.9. The number of aliphatic hydroxyl groups is 1. The molecule has 3 amide bonds. The van der Waals surface area contributed by atoms with Gasteiger partial charge in [0.1, 0.15) is 0 Å². The van der Waals surface area contributed by atoms with Crippen LogP contribution in [0.25, 0.3) is 5.69 Å². The lowest BCUT2D eigenvalue weighted by Gasteiger charge is -2.26. The average molecular weight is 434 g/mol. The maximum atomic E-state index is 12.7. The number of anilines is 2. The van der Waals surface area contributed by atoms with E-state index in [0.29, 0.717) is 35.5 Å². The Morgan fingerprint density at radius 1 is 1.00 bits per heavy atom. The predicted molar refractivity (Wildman–Crippen MR) is 123 cm³/mol. The summed E-state index contributed by atoms with van der Waals surface area (Å²) in [6, 6.07) is 14.4. The summed E-state index contributed by atoms with van der Waals surface area (Å²) in [4.78, 5) is 24.9. The number of nitrogens with one attached hydrogen (secondary N) is 3. The van der Waals surface area contributed by atoms with E-state index in [1.54, 1.807) is 35.3 Å². The van der Waals surface area contributed by atoms with Crippen molar-refractivity contribution in [1.29, 1.82) is 0 Å². The molecule has 0 radical (unpaired) electrons. The number of hydrogen-bond acceptors (Lipinski definition) is 4. The van der Waals surface area contributed by atoms with Gasteiger partial charge in [-0.1, -0.05) is 18.2 Å². The standard InChI is InChI=1S/C24H27N5O3/c1-16-4-2-6-19(12-16)27-24(32)28-20-14-25-29(15-20)21-7-3-5-17(13-21)23(31)26-18-8-10-22(30)11-9-18/h2-7,12-15,18,22,30H,8-11H2,1H3,(H,26,31)(H2,27,28,32). The van der Waals surface area contributed by atoms with Gasteiger partial charge in [-0.05, 0) is 68.5 Å². The lowest BCUT2D eigenvalue weighted by atomic mass is 9.93. The zero-order valence-electron chi connectivity index (χ0n) is 17.9. The van der Waals surface area contributed by atoms with E-state index in [-0.39, 0.29) is 24.1 Å². The van der Waals surface area contributed by atoms with Gasteiger partial charge in [-0.15, -0.1) is 0 Å². The van der Waals surface area contributed by atoms with Crippen LogP contribution in [0.15, 0.2) is 60.9 Å². The second kappa shape index (κ2) is 9.65. The molecule has 1 aliphatic carbocycles. The molecule has 1 aromatic heterocycles. The zero-order chi connectivity index (χ0) is 22.5. The molecule has 0 bridgehead atoms. The number of benzene rings is 2. The smallest absolute Gasteiger partial charge is 0.323 e. The number of hydrogen-bond donors (Lipinski definition) is 4. The van der Waals surface area contributed by atoms with Crippen molar-refractivity contribution in [2.75, 3.05) is 10.6 Å². The summed E-state index contributed by atoms with van der Waals surface area (Å²) in [5.74, 6) is -0.142. The first kappa shape index (κ1) is 21.6. The number of nitrogens with zero attached hydrogens (tertiary/aromatic N) is 2. The molecule has 0 spiro atoms.